The highest BCUT2D eigenvalue weighted by Crippen LogP contribution is 2.35. The summed E-state index contributed by atoms with van der Waals surface area (Å²) < 4.78 is 38.2. The van der Waals surface area contributed by atoms with Crippen LogP contribution in [-0.2, 0) is 6.18 Å². The third kappa shape index (κ3) is 2.10. The monoisotopic (exact) mass is 231 g/mol. The van der Waals surface area contributed by atoms with Crippen LogP contribution in [0.4, 0.5) is 19.0 Å². The summed E-state index contributed by atoms with van der Waals surface area (Å²) in [5.41, 5.74) is -0.736. The van der Waals surface area contributed by atoms with Crippen molar-refractivity contribution in [3.63, 3.8) is 0 Å². The predicted molar refractivity (Wildman–Crippen MR) is 53.2 cm³/mol. The van der Waals surface area contributed by atoms with E-state index in [4.69, 9.17) is 0 Å². The van der Waals surface area contributed by atoms with Gasteiger partial charge in [0.15, 0.2) is 0 Å². The molecule has 1 aromatic rings. The molecular weight excluding hydrogens is 219 g/mol. The second kappa shape index (κ2) is 3.92. The van der Waals surface area contributed by atoms with Gasteiger partial charge in [0, 0.05) is 19.3 Å². The Morgan fingerprint density at radius 3 is 2.44 bits per heavy atom. The Labute approximate surface area is 91.3 Å². The molecule has 1 aliphatic rings. The summed E-state index contributed by atoms with van der Waals surface area (Å²) in [5.74, 6) is 0.396. The number of aromatic nitrogens is 2. The largest absolute Gasteiger partial charge is 0.421 e. The lowest BCUT2D eigenvalue weighted by Gasteiger charge is -2.21. The average molecular weight is 231 g/mol. The molecule has 0 spiro atoms. The van der Waals surface area contributed by atoms with Crippen molar-refractivity contribution in [2.45, 2.75) is 25.9 Å². The van der Waals surface area contributed by atoms with E-state index in [-0.39, 0.29) is 5.82 Å². The molecule has 0 atom stereocenters. The summed E-state index contributed by atoms with van der Waals surface area (Å²) in [5, 5.41) is 0. The summed E-state index contributed by atoms with van der Waals surface area (Å²) in [6.07, 6.45) is -1.68. The highest BCUT2D eigenvalue weighted by atomic mass is 19.4. The topological polar surface area (TPSA) is 29.0 Å². The summed E-state index contributed by atoms with van der Waals surface area (Å²) in [4.78, 5) is 9.21. The summed E-state index contributed by atoms with van der Waals surface area (Å²) in [6.45, 7) is 2.87. The highest BCUT2D eigenvalue weighted by molar-refractivity contribution is 5.48. The van der Waals surface area contributed by atoms with Gasteiger partial charge in [-0.2, -0.15) is 13.2 Å². The third-order valence-corrected chi connectivity index (χ3v) is 2.60. The standard InChI is InChI=1S/C10H12F3N3/c1-7-14-6-8(10(11,12)13)9(15-7)16-4-2-3-5-16/h6H,2-5H2,1H3. The number of halogens is 3. The van der Waals surface area contributed by atoms with Crippen molar-refractivity contribution in [1.82, 2.24) is 9.97 Å². The molecule has 0 saturated carbocycles. The Kier molecular flexibility index (Phi) is 2.73. The first-order valence-electron chi connectivity index (χ1n) is 5.14. The molecule has 0 amide bonds. The lowest BCUT2D eigenvalue weighted by atomic mass is 10.3. The molecule has 16 heavy (non-hydrogen) atoms. The SMILES string of the molecule is Cc1ncc(C(F)(F)F)c(N2CCCC2)n1. The molecule has 1 fully saturated rings. The van der Waals surface area contributed by atoms with E-state index in [1.165, 1.54) is 0 Å². The Hall–Kier alpha value is -1.33. The van der Waals surface area contributed by atoms with Gasteiger partial charge in [-0.05, 0) is 19.8 Å². The van der Waals surface area contributed by atoms with Crippen LogP contribution in [0.5, 0.6) is 0 Å². The fourth-order valence-electron chi connectivity index (χ4n) is 1.83. The van der Waals surface area contributed by atoms with Gasteiger partial charge >= 0.3 is 6.18 Å². The minimum absolute atomic E-state index is 0.0255. The Bertz CT molecular complexity index is 383. The predicted octanol–water partition coefficient (Wildman–Crippen LogP) is 2.40. The molecule has 6 heteroatoms. The maximum absolute atomic E-state index is 12.7. The number of rotatable bonds is 1. The van der Waals surface area contributed by atoms with Crippen molar-refractivity contribution in [2.75, 3.05) is 18.0 Å². The van der Waals surface area contributed by atoms with Gasteiger partial charge in [0.05, 0.1) is 0 Å². The van der Waals surface area contributed by atoms with Gasteiger partial charge in [0.1, 0.15) is 17.2 Å². The van der Waals surface area contributed by atoms with Crippen LogP contribution in [-0.4, -0.2) is 23.1 Å². The smallest absolute Gasteiger partial charge is 0.356 e. The molecule has 2 rings (SSSR count). The molecule has 0 unspecified atom stereocenters. The Morgan fingerprint density at radius 1 is 1.25 bits per heavy atom. The quantitative estimate of drug-likeness (QED) is 0.743. The average Bonchev–Trinajstić information content (AvgIpc) is 2.68. The minimum atomic E-state index is -4.38. The third-order valence-electron chi connectivity index (χ3n) is 2.60. The first-order valence-corrected chi connectivity index (χ1v) is 5.14. The van der Waals surface area contributed by atoms with Gasteiger partial charge < -0.3 is 4.90 Å². The molecule has 1 saturated heterocycles. The van der Waals surface area contributed by atoms with Crippen LogP contribution >= 0.6 is 0 Å². The van der Waals surface area contributed by atoms with Crippen LogP contribution in [0.3, 0.4) is 0 Å². The maximum Gasteiger partial charge on any atom is 0.421 e. The molecule has 1 aliphatic heterocycles. The number of aryl methyl sites for hydroxylation is 1. The molecular formula is C10H12F3N3. The summed E-state index contributed by atoms with van der Waals surface area (Å²) >= 11 is 0. The number of anilines is 1. The van der Waals surface area contributed by atoms with Crippen LogP contribution in [0.25, 0.3) is 0 Å². The molecule has 0 N–H and O–H groups in total. The Balaban J connectivity index is 2.43. The van der Waals surface area contributed by atoms with Crippen LogP contribution < -0.4 is 4.90 Å². The van der Waals surface area contributed by atoms with Crippen LogP contribution in [0, 0.1) is 6.92 Å². The fraction of sp³-hybridized carbons (Fsp3) is 0.600. The van der Waals surface area contributed by atoms with Gasteiger partial charge in [-0.25, -0.2) is 9.97 Å². The zero-order valence-corrected chi connectivity index (χ0v) is 8.88. The molecule has 0 radical (unpaired) electrons. The summed E-state index contributed by atoms with van der Waals surface area (Å²) in [7, 11) is 0. The lowest BCUT2D eigenvalue weighted by Crippen LogP contribution is -2.24. The van der Waals surface area contributed by atoms with Gasteiger partial charge in [-0.3, -0.25) is 0 Å². The zero-order valence-electron chi connectivity index (χ0n) is 8.88. The molecule has 3 nitrogen and oxygen atoms in total. The van der Waals surface area contributed by atoms with Gasteiger partial charge in [0.25, 0.3) is 0 Å². The van der Waals surface area contributed by atoms with E-state index in [1.807, 2.05) is 0 Å². The molecule has 2 heterocycles. The zero-order chi connectivity index (χ0) is 11.8. The lowest BCUT2D eigenvalue weighted by molar-refractivity contribution is -0.137. The van der Waals surface area contributed by atoms with Crippen molar-refractivity contribution in [2.24, 2.45) is 0 Å². The molecule has 0 aromatic carbocycles. The van der Waals surface area contributed by atoms with Crippen LogP contribution in [0.2, 0.25) is 0 Å². The van der Waals surface area contributed by atoms with Crippen LogP contribution in [0.15, 0.2) is 6.20 Å². The number of nitrogens with zero attached hydrogens (tertiary/aromatic N) is 3. The van der Waals surface area contributed by atoms with Crippen molar-refractivity contribution >= 4 is 5.82 Å². The summed E-state index contributed by atoms with van der Waals surface area (Å²) in [6, 6.07) is 0. The normalized spacial score (nSPS) is 16.9. The number of hydrogen-bond donors (Lipinski definition) is 0. The van der Waals surface area contributed by atoms with E-state index in [1.54, 1.807) is 11.8 Å². The van der Waals surface area contributed by atoms with Crippen LogP contribution in [0.1, 0.15) is 24.2 Å². The van der Waals surface area contributed by atoms with Crippen molar-refractivity contribution in [1.29, 1.82) is 0 Å². The van der Waals surface area contributed by atoms with Crippen molar-refractivity contribution < 1.29 is 13.2 Å². The van der Waals surface area contributed by atoms with E-state index >= 15 is 0 Å². The first-order chi connectivity index (χ1) is 7.48. The molecule has 1 aromatic heterocycles. The second-order valence-electron chi connectivity index (χ2n) is 3.85. The Morgan fingerprint density at radius 2 is 1.88 bits per heavy atom. The number of hydrogen-bond acceptors (Lipinski definition) is 3. The first kappa shape index (κ1) is 11.2. The maximum atomic E-state index is 12.7. The number of alkyl halides is 3. The van der Waals surface area contributed by atoms with Crippen molar-refractivity contribution in [3.8, 4) is 0 Å². The van der Waals surface area contributed by atoms with Gasteiger partial charge in [-0.15, -0.1) is 0 Å². The highest BCUT2D eigenvalue weighted by Gasteiger charge is 2.37. The molecule has 0 aliphatic carbocycles. The van der Waals surface area contributed by atoms with E-state index in [2.05, 4.69) is 9.97 Å². The fourth-order valence-corrected chi connectivity index (χ4v) is 1.83. The second-order valence-corrected chi connectivity index (χ2v) is 3.85. The van der Waals surface area contributed by atoms with E-state index < -0.39 is 11.7 Å². The molecule has 88 valence electrons. The van der Waals surface area contributed by atoms with E-state index in [0.29, 0.717) is 18.9 Å². The van der Waals surface area contributed by atoms with Gasteiger partial charge in [-0.1, -0.05) is 0 Å². The minimum Gasteiger partial charge on any atom is -0.356 e. The van der Waals surface area contributed by atoms with E-state index in [9.17, 15) is 13.2 Å². The van der Waals surface area contributed by atoms with Crippen molar-refractivity contribution in [3.05, 3.63) is 17.6 Å². The van der Waals surface area contributed by atoms with E-state index in [0.717, 1.165) is 19.0 Å². The molecule has 0 bridgehead atoms. The van der Waals surface area contributed by atoms with Gasteiger partial charge in [0.2, 0.25) is 0 Å².